The van der Waals surface area contributed by atoms with Gasteiger partial charge >= 0.3 is 0 Å². The van der Waals surface area contributed by atoms with Crippen LogP contribution in [0.4, 0.5) is 5.69 Å². The van der Waals surface area contributed by atoms with Gasteiger partial charge < -0.3 is 10.1 Å². The smallest absolute Gasteiger partial charge is 0.255 e. The van der Waals surface area contributed by atoms with Crippen molar-refractivity contribution < 1.29 is 17.9 Å². The SMILES string of the molecule is CCOc1ccc(C(=O)Nc2ccccc2Br)cc1CN(C)S(=O)(=O)c1ccccc1. The number of ether oxygens (including phenoxy) is 1. The largest absolute Gasteiger partial charge is 0.494 e. The van der Waals surface area contributed by atoms with Crippen LogP contribution in [0.15, 0.2) is 82.2 Å². The molecule has 0 spiro atoms. The molecule has 0 saturated carbocycles. The Morgan fingerprint density at radius 1 is 1.03 bits per heavy atom. The van der Waals surface area contributed by atoms with E-state index in [4.69, 9.17) is 4.74 Å². The summed E-state index contributed by atoms with van der Waals surface area (Å²) in [4.78, 5) is 13.0. The Morgan fingerprint density at radius 3 is 2.39 bits per heavy atom. The van der Waals surface area contributed by atoms with Crippen LogP contribution in [0.25, 0.3) is 0 Å². The van der Waals surface area contributed by atoms with Crippen LogP contribution in [0.5, 0.6) is 5.75 Å². The highest BCUT2D eigenvalue weighted by Gasteiger charge is 2.22. The van der Waals surface area contributed by atoms with Crippen molar-refractivity contribution in [3.63, 3.8) is 0 Å². The van der Waals surface area contributed by atoms with Crippen molar-refractivity contribution in [1.29, 1.82) is 0 Å². The Balaban J connectivity index is 1.88. The van der Waals surface area contributed by atoms with Gasteiger partial charge in [0.25, 0.3) is 5.91 Å². The van der Waals surface area contributed by atoms with Crippen molar-refractivity contribution in [1.82, 2.24) is 4.31 Å². The van der Waals surface area contributed by atoms with Crippen molar-refractivity contribution in [2.24, 2.45) is 0 Å². The van der Waals surface area contributed by atoms with E-state index in [1.165, 1.54) is 11.4 Å². The third-order valence-electron chi connectivity index (χ3n) is 4.59. The Morgan fingerprint density at radius 2 is 1.71 bits per heavy atom. The van der Waals surface area contributed by atoms with Crippen molar-refractivity contribution in [2.45, 2.75) is 18.4 Å². The summed E-state index contributed by atoms with van der Waals surface area (Å²) in [5, 5.41) is 2.86. The van der Waals surface area contributed by atoms with E-state index in [1.54, 1.807) is 54.6 Å². The fourth-order valence-corrected chi connectivity index (χ4v) is 4.55. The Kier molecular flexibility index (Phi) is 7.48. The summed E-state index contributed by atoms with van der Waals surface area (Å²) in [5.41, 5.74) is 1.65. The number of nitrogens with one attached hydrogen (secondary N) is 1. The van der Waals surface area contributed by atoms with E-state index in [0.29, 0.717) is 29.2 Å². The Bertz CT molecular complexity index is 1170. The van der Waals surface area contributed by atoms with Gasteiger partial charge in [-0.1, -0.05) is 30.3 Å². The number of nitrogens with zero attached hydrogens (tertiary/aromatic N) is 1. The minimum Gasteiger partial charge on any atom is -0.494 e. The quantitative estimate of drug-likeness (QED) is 0.474. The number of amides is 1. The monoisotopic (exact) mass is 502 g/mol. The van der Waals surface area contributed by atoms with Crippen molar-refractivity contribution in [3.8, 4) is 5.75 Å². The number of hydrogen-bond donors (Lipinski definition) is 1. The lowest BCUT2D eigenvalue weighted by Gasteiger charge is -2.20. The van der Waals surface area contributed by atoms with Crippen molar-refractivity contribution >= 4 is 37.5 Å². The summed E-state index contributed by atoms with van der Waals surface area (Å²) >= 11 is 3.41. The van der Waals surface area contributed by atoms with Gasteiger partial charge in [0.1, 0.15) is 5.75 Å². The van der Waals surface area contributed by atoms with Gasteiger partial charge in [-0.25, -0.2) is 8.42 Å². The summed E-state index contributed by atoms with van der Waals surface area (Å²) in [7, 11) is -2.18. The minimum atomic E-state index is -3.69. The molecule has 0 bridgehead atoms. The molecule has 0 radical (unpaired) electrons. The molecule has 162 valence electrons. The molecule has 0 aliphatic heterocycles. The molecule has 0 fully saturated rings. The van der Waals surface area contributed by atoms with Crippen LogP contribution in [0.3, 0.4) is 0 Å². The maximum Gasteiger partial charge on any atom is 0.255 e. The van der Waals surface area contributed by atoms with Gasteiger partial charge in [0, 0.05) is 29.2 Å². The van der Waals surface area contributed by atoms with Gasteiger partial charge in [-0.05, 0) is 65.3 Å². The fourth-order valence-electron chi connectivity index (χ4n) is 2.99. The molecule has 3 rings (SSSR count). The van der Waals surface area contributed by atoms with Gasteiger partial charge in [-0.3, -0.25) is 4.79 Å². The standard InChI is InChI=1S/C23H23BrN2O4S/c1-3-30-22-14-13-17(23(27)25-21-12-8-7-11-20(21)24)15-18(22)16-26(2)31(28,29)19-9-5-4-6-10-19/h4-15H,3,16H2,1-2H3,(H,25,27). The fraction of sp³-hybridized carbons (Fsp3) is 0.174. The summed E-state index contributed by atoms with van der Waals surface area (Å²) in [5.74, 6) is 0.236. The van der Waals surface area contributed by atoms with Crippen LogP contribution < -0.4 is 10.1 Å². The van der Waals surface area contributed by atoms with E-state index in [-0.39, 0.29) is 17.3 Å². The van der Waals surface area contributed by atoms with E-state index < -0.39 is 10.0 Å². The first-order valence-electron chi connectivity index (χ1n) is 9.66. The highest BCUT2D eigenvalue weighted by Crippen LogP contribution is 2.26. The number of anilines is 1. The second kappa shape index (κ2) is 10.1. The molecule has 8 heteroatoms. The third kappa shape index (κ3) is 5.52. The molecule has 1 amide bonds. The summed E-state index contributed by atoms with van der Waals surface area (Å²) in [6.07, 6.45) is 0. The molecular formula is C23H23BrN2O4S. The number of halogens is 1. The molecule has 0 aliphatic carbocycles. The first-order chi connectivity index (χ1) is 14.8. The molecular weight excluding hydrogens is 480 g/mol. The zero-order valence-corrected chi connectivity index (χ0v) is 19.6. The summed E-state index contributed by atoms with van der Waals surface area (Å²) in [6.45, 7) is 2.33. The van der Waals surface area contributed by atoms with Gasteiger partial charge in [0.05, 0.1) is 17.2 Å². The zero-order valence-electron chi connectivity index (χ0n) is 17.2. The molecule has 3 aromatic rings. The number of carbonyl (C=O) groups excluding carboxylic acids is 1. The number of para-hydroxylation sites is 1. The summed E-state index contributed by atoms with van der Waals surface area (Å²) < 4.78 is 33.5. The predicted octanol–water partition coefficient (Wildman–Crippen LogP) is 4.92. The first kappa shape index (κ1) is 23.0. The lowest BCUT2D eigenvalue weighted by molar-refractivity contribution is 0.102. The number of carbonyl (C=O) groups is 1. The van der Waals surface area contributed by atoms with E-state index in [1.807, 2.05) is 25.1 Å². The van der Waals surface area contributed by atoms with E-state index in [2.05, 4.69) is 21.2 Å². The molecule has 0 atom stereocenters. The molecule has 1 N–H and O–H groups in total. The van der Waals surface area contributed by atoms with E-state index in [0.717, 1.165) is 4.47 Å². The van der Waals surface area contributed by atoms with Crippen molar-refractivity contribution in [2.75, 3.05) is 19.0 Å². The number of hydrogen-bond acceptors (Lipinski definition) is 4. The number of sulfonamides is 1. The Hall–Kier alpha value is -2.68. The molecule has 3 aromatic carbocycles. The van der Waals surface area contributed by atoms with E-state index >= 15 is 0 Å². The molecule has 0 aliphatic rings. The molecule has 0 heterocycles. The maximum atomic E-state index is 12.9. The maximum absolute atomic E-state index is 12.9. The van der Waals surface area contributed by atoms with Crippen LogP contribution in [0.1, 0.15) is 22.8 Å². The molecule has 31 heavy (non-hydrogen) atoms. The Labute approximate surface area is 191 Å². The van der Waals surface area contributed by atoms with Gasteiger partial charge in [-0.15, -0.1) is 0 Å². The minimum absolute atomic E-state index is 0.0582. The molecule has 0 unspecified atom stereocenters. The van der Waals surface area contributed by atoms with Gasteiger partial charge in [0.15, 0.2) is 0 Å². The predicted molar refractivity (Wildman–Crippen MR) is 125 cm³/mol. The van der Waals surface area contributed by atoms with Crippen molar-refractivity contribution in [3.05, 3.63) is 88.4 Å². The topological polar surface area (TPSA) is 75.7 Å². The normalized spacial score (nSPS) is 11.4. The van der Waals surface area contributed by atoms with Crippen LogP contribution in [-0.4, -0.2) is 32.3 Å². The van der Waals surface area contributed by atoms with Crippen LogP contribution >= 0.6 is 15.9 Å². The summed E-state index contributed by atoms with van der Waals surface area (Å²) in [6, 6.07) is 20.5. The van der Waals surface area contributed by atoms with Crippen LogP contribution in [-0.2, 0) is 16.6 Å². The average Bonchev–Trinajstić information content (AvgIpc) is 2.77. The second-order valence-corrected chi connectivity index (χ2v) is 9.66. The lowest BCUT2D eigenvalue weighted by atomic mass is 10.1. The van der Waals surface area contributed by atoms with Gasteiger partial charge in [-0.2, -0.15) is 4.31 Å². The number of benzene rings is 3. The van der Waals surface area contributed by atoms with Crippen LogP contribution in [0, 0.1) is 0 Å². The highest BCUT2D eigenvalue weighted by atomic mass is 79.9. The molecule has 6 nitrogen and oxygen atoms in total. The zero-order chi connectivity index (χ0) is 22.4. The number of rotatable bonds is 8. The van der Waals surface area contributed by atoms with Crippen LogP contribution in [0.2, 0.25) is 0 Å². The van der Waals surface area contributed by atoms with Gasteiger partial charge in [0.2, 0.25) is 10.0 Å². The third-order valence-corrected chi connectivity index (χ3v) is 7.10. The lowest BCUT2D eigenvalue weighted by Crippen LogP contribution is -2.27. The first-order valence-corrected chi connectivity index (χ1v) is 11.9. The second-order valence-electron chi connectivity index (χ2n) is 6.76. The molecule has 0 aromatic heterocycles. The van der Waals surface area contributed by atoms with E-state index in [9.17, 15) is 13.2 Å². The molecule has 0 saturated heterocycles. The average molecular weight is 503 g/mol. The highest BCUT2D eigenvalue weighted by molar-refractivity contribution is 9.10.